The third kappa shape index (κ3) is 18.2. The number of aliphatic hydroxyl groups is 1. The topological polar surface area (TPSA) is 57.5 Å². The number of aliphatic carboxylic acids is 1. The van der Waals surface area contributed by atoms with E-state index in [0.29, 0.717) is 6.42 Å². The second-order valence-electron chi connectivity index (χ2n) is 5.87. The van der Waals surface area contributed by atoms with Crippen molar-refractivity contribution in [2.75, 3.05) is 0 Å². The minimum atomic E-state index is -1.18. The number of hydrogen-bond acceptors (Lipinski definition) is 2. The average molecular weight is 322 g/mol. The smallest absolute Gasteiger partial charge is 1.00 e. The number of allylic oxidation sites excluding steroid dienone is 2. The normalized spacial score (nSPS) is 12.3. The SMILES string of the molecule is CCCCCCCCC=CCCCCCCC(O)C(=O)O.[H-].[Na+]. The molecule has 4 heteroatoms. The molecular weight excluding hydrogens is 287 g/mol. The van der Waals surface area contributed by atoms with Crippen LogP contribution in [0.1, 0.15) is 91.8 Å². The molecule has 0 heterocycles. The fourth-order valence-corrected chi connectivity index (χ4v) is 2.36. The molecular formula is C18H35NaO3. The summed E-state index contributed by atoms with van der Waals surface area (Å²) in [6.45, 7) is 2.25. The predicted molar refractivity (Wildman–Crippen MR) is 89.6 cm³/mol. The molecule has 0 aromatic heterocycles. The number of aliphatic hydroxyl groups excluding tert-OH is 1. The van der Waals surface area contributed by atoms with Crippen molar-refractivity contribution in [1.29, 1.82) is 0 Å². The molecule has 0 fully saturated rings. The second-order valence-corrected chi connectivity index (χ2v) is 5.87. The van der Waals surface area contributed by atoms with Crippen LogP contribution in [0.4, 0.5) is 0 Å². The molecule has 0 spiro atoms. The van der Waals surface area contributed by atoms with E-state index in [1.54, 1.807) is 0 Å². The molecule has 0 aliphatic carbocycles. The first kappa shape index (κ1) is 24.4. The monoisotopic (exact) mass is 322 g/mol. The Balaban J connectivity index is -0.00000200. The fourth-order valence-electron chi connectivity index (χ4n) is 2.36. The second kappa shape index (κ2) is 19.2. The molecule has 1 unspecified atom stereocenters. The van der Waals surface area contributed by atoms with E-state index in [0.717, 1.165) is 32.1 Å². The van der Waals surface area contributed by atoms with Crippen molar-refractivity contribution in [3.8, 4) is 0 Å². The van der Waals surface area contributed by atoms with Crippen molar-refractivity contribution in [3.63, 3.8) is 0 Å². The summed E-state index contributed by atoms with van der Waals surface area (Å²) in [7, 11) is 0. The Hall–Kier alpha value is 0.170. The molecule has 0 amide bonds. The number of carboxylic acid groups (broad SMARTS) is 1. The summed E-state index contributed by atoms with van der Waals surface area (Å²) in [5, 5.41) is 17.6. The first-order valence-corrected chi connectivity index (χ1v) is 8.74. The van der Waals surface area contributed by atoms with Gasteiger partial charge in [-0.25, -0.2) is 4.79 Å². The van der Waals surface area contributed by atoms with E-state index in [9.17, 15) is 4.79 Å². The van der Waals surface area contributed by atoms with Gasteiger partial charge >= 0.3 is 35.5 Å². The van der Waals surface area contributed by atoms with Gasteiger partial charge < -0.3 is 11.6 Å². The molecule has 0 saturated heterocycles. The summed E-state index contributed by atoms with van der Waals surface area (Å²) in [6, 6.07) is 0. The van der Waals surface area contributed by atoms with Crippen molar-refractivity contribution in [2.24, 2.45) is 0 Å². The maximum Gasteiger partial charge on any atom is 1.00 e. The number of carboxylic acids is 1. The zero-order valence-corrected chi connectivity index (χ0v) is 16.7. The summed E-state index contributed by atoms with van der Waals surface area (Å²) in [6.07, 6.45) is 18.3. The molecule has 0 aliphatic rings. The van der Waals surface area contributed by atoms with Gasteiger partial charge in [-0.1, -0.05) is 70.4 Å². The van der Waals surface area contributed by atoms with E-state index in [-0.39, 0.29) is 31.0 Å². The molecule has 0 aliphatic heterocycles. The maximum atomic E-state index is 10.4. The molecule has 0 aromatic carbocycles. The van der Waals surface area contributed by atoms with Gasteiger partial charge in [-0.2, -0.15) is 0 Å². The van der Waals surface area contributed by atoms with Gasteiger partial charge in [-0.05, 0) is 32.1 Å². The molecule has 0 saturated carbocycles. The van der Waals surface area contributed by atoms with Crippen molar-refractivity contribution in [1.82, 2.24) is 0 Å². The van der Waals surface area contributed by atoms with Crippen LogP contribution in [0.2, 0.25) is 0 Å². The molecule has 0 bridgehead atoms. The summed E-state index contributed by atoms with van der Waals surface area (Å²) < 4.78 is 0. The van der Waals surface area contributed by atoms with Crippen LogP contribution in [0.15, 0.2) is 12.2 Å². The number of carbonyl (C=O) groups is 1. The van der Waals surface area contributed by atoms with Crippen molar-refractivity contribution < 1.29 is 46.0 Å². The number of rotatable bonds is 15. The van der Waals surface area contributed by atoms with E-state index in [4.69, 9.17) is 10.2 Å². The molecule has 0 radical (unpaired) electrons. The molecule has 0 aromatic rings. The fraction of sp³-hybridized carbons (Fsp3) is 0.833. The van der Waals surface area contributed by atoms with E-state index in [2.05, 4.69) is 19.1 Å². The van der Waals surface area contributed by atoms with Crippen molar-refractivity contribution >= 4 is 5.97 Å². The summed E-state index contributed by atoms with van der Waals surface area (Å²) in [4.78, 5) is 10.4. The van der Waals surface area contributed by atoms with Gasteiger partial charge in [0.05, 0.1) is 0 Å². The van der Waals surface area contributed by atoms with E-state index in [1.807, 2.05) is 0 Å². The van der Waals surface area contributed by atoms with Gasteiger partial charge in [-0.3, -0.25) is 0 Å². The van der Waals surface area contributed by atoms with Gasteiger partial charge in [0.25, 0.3) is 0 Å². The van der Waals surface area contributed by atoms with E-state index in [1.165, 1.54) is 44.9 Å². The van der Waals surface area contributed by atoms with Crippen LogP contribution in [-0.4, -0.2) is 22.3 Å². The van der Waals surface area contributed by atoms with Crippen LogP contribution in [-0.2, 0) is 4.79 Å². The van der Waals surface area contributed by atoms with Crippen LogP contribution >= 0.6 is 0 Å². The Kier molecular flexibility index (Phi) is 21.3. The zero-order chi connectivity index (χ0) is 15.8. The first-order chi connectivity index (χ1) is 10.2. The van der Waals surface area contributed by atoms with Gasteiger partial charge in [0, 0.05) is 0 Å². The number of hydrogen-bond donors (Lipinski definition) is 2. The third-order valence-electron chi connectivity index (χ3n) is 3.77. The van der Waals surface area contributed by atoms with Gasteiger partial charge in [0.15, 0.2) is 6.10 Å². The molecule has 1 atom stereocenters. The van der Waals surface area contributed by atoms with Crippen LogP contribution in [0.25, 0.3) is 0 Å². The maximum absolute atomic E-state index is 10.4. The Morgan fingerprint density at radius 1 is 0.909 bits per heavy atom. The third-order valence-corrected chi connectivity index (χ3v) is 3.77. The largest absolute Gasteiger partial charge is 1.00 e. The Morgan fingerprint density at radius 2 is 1.36 bits per heavy atom. The predicted octanol–water partition coefficient (Wildman–Crippen LogP) is 2.20. The van der Waals surface area contributed by atoms with Crippen molar-refractivity contribution in [2.45, 2.75) is 96.5 Å². The molecule has 0 rings (SSSR count). The Morgan fingerprint density at radius 3 is 1.86 bits per heavy atom. The van der Waals surface area contributed by atoms with E-state index >= 15 is 0 Å². The summed E-state index contributed by atoms with van der Waals surface area (Å²) in [5.74, 6) is -1.10. The molecule has 3 nitrogen and oxygen atoms in total. The van der Waals surface area contributed by atoms with Crippen LogP contribution in [0.5, 0.6) is 0 Å². The molecule has 126 valence electrons. The summed E-state index contributed by atoms with van der Waals surface area (Å²) >= 11 is 0. The van der Waals surface area contributed by atoms with E-state index < -0.39 is 12.1 Å². The minimum Gasteiger partial charge on any atom is -1.00 e. The Labute approximate surface area is 160 Å². The van der Waals surface area contributed by atoms with Crippen LogP contribution < -0.4 is 29.6 Å². The van der Waals surface area contributed by atoms with Crippen molar-refractivity contribution in [3.05, 3.63) is 12.2 Å². The standard InChI is InChI=1S/C18H34O3.Na.H/c1-2-3-4-5-6-7-8-9-10-11-12-13-14-15-16-17(19)18(20)21;;/h9-10,17,19H,2-8,11-16H2,1H3,(H,20,21);;/q;+1;-1. The summed E-state index contributed by atoms with van der Waals surface area (Å²) in [5.41, 5.74) is 0. The molecule has 22 heavy (non-hydrogen) atoms. The number of unbranched alkanes of at least 4 members (excludes halogenated alkanes) is 10. The van der Waals surface area contributed by atoms with Gasteiger partial charge in [-0.15, -0.1) is 0 Å². The minimum absolute atomic E-state index is 0. The molecule has 2 N–H and O–H groups in total. The van der Waals surface area contributed by atoms with Gasteiger partial charge in [0.2, 0.25) is 0 Å². The van der Waals surface area contributed by atoms with Crippen LogP contribution in [0, 0.1) is 0 Å². The Bertz CT molecular complexity index is 273. The average Bonchev–Trinajstić information content (AvgIpc) is 2.47. The quantitative estimate of drug-likeness (QED) is 0.276. The zero-order valence-electron chi connectivity index (χ0n) is 15.7. The van der Waals surface area contributed by atoms with Crippen LogP contribution in [0.3, 0.4) is 0 Å². The first-order valence-electron chi connectivity index (χ1n) is 8.74. The van der Waals surface area contributed by atoms with Gasteiger partial charge in [0.1, 0.15) is 0 Å².